The molecule has 1 fully saturated rings. The van der Waals surface area contributed by atoms with Crippen molar-refractivity contribution in [1.29, 1.82) is 0 Å². The van der Waals surface area contributed by atoms with Gasteiger partial charge >= 0.3 is 0 Å². The second-order valence-electron chi connectivity index (χ2n) is 4.89. The summed E-state index contributed by atoms with van der Waals surface area (Å²) in [4.78, 5) is 32.4. The van der Waals surface area contributed by atoms with Crippen molar-refractivity contribution >= 4 is 12.1 Å². The number of amides is 1. The Morgan fingerprint density at radius 2 is 2.22 bits per heavy atom. The lowest BCUT2D eigenvalue weighted by molar-refractivity contribution is 0.0992. The summed E-state index contributed by atoms with van der Waals surface area (Å²) in [5.74, 6) is -0.0577. The van der Waals surface area contributed by atoms with Gasteiger partial charge < -0.3 is 5.73 Å². The van der Waals surface area contributed by atoms with Crippen molar-refractivity contribution in [3.63, 3.8) is 0 Å². The molecule has 0 unspecified atom stereocenters. The van der Waals surface area contributed by atoms with E-state index in [1.807, 2.05) is 0 Å². The highest BCUT2D eigenvalue weighted by Gasteiger charge is 2.44. The van der Waals surface area contributed by atoms with Gasteiger partial charge in [0.15, 0.2) is 0 Å². The van der Waals surface area contributed by atoms with Crippen molar-refractivity contribution in [1.82, 2.24) is 9.55 Å². The fourth-order valence-corrected chi connectivity index (χ4v) is 2.63. The quantitative estimate of drug-likeness (QED) is 0.762. The van der Waals surface area contributed by atoms with Gasteiger partial charge in [0.2, 0.25) is 0 Å². The normalized spacial score (nSPS) is 19.4. The van der Waals surface area contributed by atoms with E-state index < -0.39 is 11.4 Å². The van der Waals surface area contributed by atoms with Crippen molar-refractivity contribution in [2.45, 2.75) is 38.3 Å². The number of hydrogen-bond donors (Lipinski definition) is 1. The molecule has 0 aromatic carbocycles. The summed E-state index contributed by atoms with van der Waals surface area (Å²) in [6.45, 7) is 2.00. The molecule has 2 heterocycles. The SMILES string of the molecule is Cc1c(C(N)=O)nc2n(c1=O)CC=NC21CCC1. The minimum atomic E-state index is -0.656. The summed E-state index contributed by atoms with van der Waals surface area (Å²) in [5.41, 5.74) is 5.09. The van der Waals surface area contributed by atoms with Gasteiger partial charge in [0.1, 0.15) is 17.1 Å². The van der Waals surface area contributed by atoms with E-state index in [2.05, 4.69) is 9.98 Å². The Hall–Kier alpha value is -1.98. The summed E-state index contributed by atoms with van der Waals surface area (Å²) < 4.78 is 1.61. The number of primary amides is 1. The van der Waals surface area contributed by atoms with Crippen LogP contribution in [0.3, 0.4) is 0 Å². The Labute approximate surface area is 104 Å². The van der Waals surface area contributed by atoms with Crippen LogP contribution in [0.25, 0.3) is 0 Å². The lowest BCUT2D eigenvalue weighted by Gasteiger charge is -2.40. The first-order valence-corrected chi connectivity index (χ1v) is 6.00. The molecule has 2 aliphatic rings. The molecular weight excluding hydrogens is 232 g/mol. The Morgan fingerprint density at radius 1 is 1.50 bits per heavy atom. The third-order valence-electron chi connectivity index (χ3n) is 3.83. The first-order chi connectivity index (χ1) is 8.55. The molecule has 1 spiro atoms. The lowest BCUT2D eigenvalue weighted by atomic mass is 9.75. The molecule has 0 radical (unpaired) electrons. The average molecular weight is 246 g/mol. The summed E-state index contributed by atoms with van der Waals surface area (Å²) >= 11 is 0. The van der Waals surface area contributed by atoms with Crippen LogP contribution >= 0.6 is 0 Å². The van der Waals surface area contributed by atoms with Crippen LogP contribution in [-0.4, -0.2) is 21.7 Å². The average Bonchev–Trinajstić information content (AvgIpc) is 2.30. The van der Waals surface area contributed by atoms with Gasteiger partial charge in [-0.1, -0.05) is 0 Å². The maximum absolute atomic E-state index is 12.2. The summed E-state index contributed by atoms with van der Waals surface area (Å²) in [5, 5.41) is 0. The monoisotopic (exact) mass is 246 g/mol. The van der Waals surface area contributed by atoms with Crippen LogP contribution < -0.4 is 11.3 Å². The smallest absolute Gasteiger partial charge is 0.267 e. The number of aromatic nitrogens is 2. The summed E-state index contributed by atoms with van der Waals surface area (Å²) in [6, 6.07) is 0. The maximum Gasteiger partial charge on any atom is 0.267 e. The topological polar surface area (TPSA) is 90.3 Å². The van der Waals surface area contributed by atoms with Crippen LogP contribution in [0.15, 0.2) is 9.79 Å². The van der Waals surface area contributed by atoms with E-state index in [9.17, 15) is 9.59 Å². The molecule has 1 aromatic heterocycles. The van der Waals surface area contributed by atoms with E-state index in [1.54, 1.807) is 17.7 Å². The molecule has 1 amide bonds. The summed E-state index contributed by atoms with van der Waals surface area (Å²) in [7, 11) is 0. The van der Waals surface area contributed by atoms with Crippen molar-refractivity contribution in [2.75, 3.05) is 0 Å². The predicted molar refractivity (Wildman–Crippen MR) is 65.8 cm³/mol. The number of nitrogens with two attached hydrogens (primary N) is 1. The number of nitrogens with zero attached hydrogens (tertiary/aromatic N) is 3. The molecule has 1 aliphatic heterocycles. The fraction of sp³-hybridized carbons (Fsp3) is 0.500. The Kier molecular flexibility index (Phi) is 2.17. The number of aliphatic imine (C=N–C) groups is 1. The van der Waals surface area contributed by atoms with Gasteiger partial charge in [-0.3, -0.25) is 19.1 Å². The third-order valence-corrected chi connectivity index (χ3v) is 3.83. The molecule has 1 aliphatic carbocycles. The van der Waals surface area contributed by atoms with Crippen molar-refractivity contribution in [3.05, 3.63) is 27.4 Å². The van der Waals surface area contributed by atoms with Gasteiger partial charge in [0.25, 0.3) is 11.5 Å². The Balaban J connectivity index is 2.29. The maximum atomic E-state index is 12.2. The van der Waals surface area contributed by atoms with Crippen molar-refractivity contribution in [2.24, 2.45) is 10.7 Å². The van der Waals surface area contributed by atoms with E-state index in [0.29, 0.717) is 17.9 Å². The highest BCUT2D eigenvalue weighted by atomic mass is 16.1. The van der Waals surface area contributed by atoms with Crippen molar-refractivity contribution < 1.29 is 4.79 Å². The summed E-state index contributed by atoms with van der Waals surface area (Å²) in [6.07, 6.45) is 4.57. The van der Waals surface area contributed by atoms with E-state index in [0.717, 1.165) is 19.3 Å². The standard InChI is InChI=1S/C12H14N4O2/c1-7-8(9(13)17)15-11-12(3-2-4-12)14-5-6-16(11)10(7)18/h5H,2-4,6H2,1H3,(H2,13,17). The van der Waals surface area contributed by atoms with Crippen LogP contribution in [0.4, 0.5) is 0 Å². The van der Waals surface area contributed by atoms with E-state index in [4.69, 9.17) is 5.73 Å². The van der Waals surface area contributed by atoms with Crippen LogP contribution in [0, 0.1) is 6.92 Å². The zero-order valence-electron chi connectivity index (χ0n) is 10.1. The van der Waals surface area contributed by atoms with Gasteiger partial charge in [-0.2, -0.15) is 0 Å². The molecule has 6 heteroatoms. The number of carbonyl (C=O) groups excluding carboxylic acids is 1. The van der Waals surface area contributed by atoms with Crippen molar-refractivity contribution in [3.8, 4) is 0 Å². The zero-order chi connectivity index (χ0) is 12.9. The van der Waals surface area contributed by atoms with Crippen LogP contribution in [0.5, 0.6) is 0 Å². The Bertz CT molecular complexity index is 626. The van der Waals surface area contributed by atoms with E-state index in [1.165, 1.54) is 0 Å². The minimum absolute atomic E-state index is 0.0784. The highest BCUT2D eigenvalue weighted by molar-refractivity contribution is 5.92. The van der Waals surface area contributed by atoms with Gasteiger partial charge in [-0.15, -0.1) is 0 Å². The minimum Gasteiger partial charge on any atom is -0.364 e. The van der Waals surface area contributed by atoms with Crippen LogP contribution in [0.1, 0.15) is 41.1 Å². The van der Waals surface area contributed by atoms with Gasteiger partial charge in [0, 0.05) is 11.8 Å². The highest BCUT2D eigenvalue weighted by Crippen LogP contribution is 2.44. The first-order valence-electron chi connectivity index (χ1n) is 6.00. The Morgan fingerprint density at radius 3 is 2.78 bits per heavy atom. The molecule has 1 saturated carbocycles. The molecule has 18 heavy (non-hydrogen) atoms. The second-order valence-corrected chi connectivity index (χ2v) is 4.89. The van der Waals surface area contributed by atoms with E-state index >= 15 is 0 Å². The molecule has 0 bridgehead atoms. The molecule has 94 valence electrons. The predicted octanol–water partition coefficient (Wildman–Crippen LogP) is 0.114. The van der Waals surface area contributed by atoms with E-state index in [-0.39, 0.29) is 11.3 Å². The number of rotatable bonds is 1. The molecule has 2 N–H and O–H groups in total. The molecule has 1 aromatic rings. The van der Waals surface area contributed by atoms with Crippen LogP contribution in [-0.2, 0) is 12.1 Å². The lowest BCUT2D eigenvalue weighted by Crippen LogP contribution is -2.45. The zero-order valence-corrected chi connectivity index (χ0v) is 10.1. The van der Waals surface area contributed by atoms with Gasteiger partial charge in [0.05, 0.1) is 6.54 Å². The second kappa shape index (κ2) is 3.51. The van der Waals surface area contributed by atoms with Gasteiger partial charge in [-0.25, -0.2) is 4.98 Å². The van der Waals surface area contributed by atoms with Crippen LogP contribution in [0.2, 0.25) is 0 Å². The molecule has 3 rings (SSSR count). The first kappa shape index (κ1) is 11.1. The van der Waals surface area contributed by atoms with Gasteiger partial charge in [-0.05, 0) is 26.2 Å². The number of carbonyl (C=O) groups is 1. The molecule has 6 nitrogen and oxygen atoms in total. The number of fused-ring (bicyclic) bond motifs is 2. The molecular formula is C12H14N4O2. The fourth-order valence-electron chi connectivity index (χ4n) is 2.63. The molecule has 0 atom stereocenters. The third kappa shape index (κ3) is 1.28. The number of hydrogen-bond acceptors (Lipinski definition) is 4. The largest absolute Gasteiger partial charge is 0.364 e. The molecule has 0 saturated heterocycles.